The number of halogens is 2. The number of piperazine rings is 1. The van der Waals surface area contributed by atoms with Crippen LogP contribution in [0.4, 0.5) is 22.7 Å². The summed E-state index contributed by atoms with van der Waals surface area (Å²) in [5, 5.41) is 31.6. The molecule has 1 saturated heterocycles. The first-order valence-electron chi connectivity index (χ1n) is 15.1. The van der Waals surface area contributed by atoms with Crippen molar-refractivity contribution in [2.75, 3.05) is 36.8 Å². The van der Waals surface area contributed by atoms with E-state index in [0.717, 1.165) is 81.9 Å². The monoisotopic (exact) mass is 650 g/mol. The van der Waals surface area contributed by atoms with Crippen LogP contribution in [-0.4, -0.2) is 56.2 Å². The van der Waals surface area contributed by atoms with E-state index in [1.165, 1.54) is 0 Å². The minimum absolute atomic E-state index is 0.277. The number of phenolic OH excluding ortho intramolecular Hbond substituents is 2. The molecule has 0 spiro atoms. The van der Waals surface area contributed by atoms with E-state index in [0.29, 0.717) is 23.1 Å². The largest absolute Gasteiger partial charge is 0.508 e. The summed E-state index contributed by atoms with van der Waals surface area (Å²) in [6.45, 7) is 4.65. The quantitative estimate of drug-likeness (QED) is 0.122. The lowest BCUT2D eigenvalue weighted by Crippen LogP contribution is -2.45. The summed E-state index contributed by atoms with van der Waals surface area (Å²) in [7, 11) is 0. The highest BCUT2D eigenvalue weighted by atomic mass is 35.5. The number of aromatic nitrogens is 2. The van der Waals surface area contributed by atoms with Gasteiger partial charge in [-0.15, -0.1) is 0 Å². The van der Waals surface area contributed by atoms with Crippen LogP contribution in [0.5, 0.6) is 11.5 Å². The molecule has 2 aromatic heterocycles. The number of anilines is 4. The normalized spacial score (nSPS) is 14.1. The van der Waals surface area contributed by atoms with Gasteiger partial charge in [-0.3, -0.25) is 19.8 Å². The average Bonchev–Trinajstić information content (AvgIpc) is 3.05. The van der Waals surface area contributed by atoms with Crippen LogP contribution in [0.3, 0.4) is 0 Å². The Morgan fingerprint density at radius 1 is 0.565 bits per heavy atom. The van der Waals surface area contributed by atoms with Crippen molar-refractivity contribution in [1.29, 1.82) is 0 Å². The summed E-state index contributed by atoms with van der Waals surface area (Å²) in [5.74, 6) is 0.553. The number of benzene rings is 4. The number of nitrogens with zero attached hydrogens (tertiary/aromatic N) is 4. The number of rotatable bonds is 8. The fraction of sp³-hybridized carbons (Fsp3) is 0.167. The molecule has 4 aromatic carbocycles. The molecule has 4 N–H and O–H groups in total. The Hall–Kier alpha value is -4.60. The van der Waals surface area contributed by atoms with Gasteiger partial charge in [-0.2, -0.15) is 0 Å². The van der Waals surface area contributed by atoms with Gasteiger partial charge in [0.15, 0.2) is 0 Å². The lowest BCUT2D eigenvalue weighted by molar-refractivity contribution is 0.120. The van der Waals surface area contributed by atoms with E-state index in [-0.39, 0.29) is 11.5 Å². The molecule has 7 rings (SSSR count). The molecule has 0 bridgehead atoms. The highest BCUT2D eigenvalue weighted by Crippen LogP contribution is 2.32. The molecule has 3 heterocycles. The molecule has 0 atom stereocenters. The number of hydrogen-bond acceptors (Lipinski definition) is 8. The number of nitrogens with one attached hydrogen (secondary N) is 2. The summed E-state index contributed by atoms with van der Waals surface area (Å²) in [4.78, 5) is 13.5. The van der Waals surface area contributed by atoms with Crippen LogP contribution in [0.25, 0.3) is 21.8 Å². The summed E-state index contributed by atoms with van der Waals surface area (Å²) < 4.78 is 0. The Labute approximate surface area is 276 Å². The number of pyridine rings is 2. The predicted molar refractivity (Wildman–Crippen MR) is 187 cm³/mol. The van der Waals surface area contributed by atoms with Crippen LogP contribution < -0.4 is 10.6 Å². The zero-order valence-corrected chi connectivity index (χ0v) is 26.4. The molecule has 0 unspecified atom stereocenters. The lowest BCUT2D eigenvalue weighted by Gasteiger charge is -2.35. The summed E-state index contributed by atoms with van der Waals surface area (Å²) in [6, 6.07) is 26.4. The molecule has 1 fully saturated rings. The van der Waals surface area contributed by atoms with Crippen molar-refractivity contribution in [1.82, 2.24) is 19.8 Å². The van der Waals surface area contributed by atoms with Gasteiger partial charge in [0, 0.05) is 106 Å². The maximum atomic E-state index is 10.7. The van der Waals surface area contributed by atoms with Crippen LogP contribution >= 0.6 is 23.2 Å². The van der Waals surface area contributed by atoms with Crippen molar-refractivity contribution in [3.05, 3.63) is 118 Å². The standard InChI is InChI=1S/C36H32Cl2N6O2/c37-25-1-5-29-31(9-11-39-33(29)19-25)41-27-3-7-35(45)23(17-27)21-43-13-15-44(16-14-43)22-24-18-28(4-8-36(24)46)42-32-10-12-40-34-20-26(38)2-6-30(32)34/h1-12,17-20,45-46H,13-16,21-22H2,(H,39,41)(H,40,42). The van der Waals surface area contributed by atoms with Crippen molar-refractivity contribution in [3.8, 4) is 11.5 Å². The van der Waals surface area contributed by atoms with Gasteiger partial charge in [0.2, 0.25) is 0 Å². The van der Waals surface area contributed by atoms with Gasteiger partial charge in [-0.05, 0) is 84.9 Å². The van der Waals surface area contributed by atoms with E-state index >= 15 is 0 Å². The van der Waals surface area contributed by atoms with Crippen molar-refractivity contribution in [2.45, 2.75) is 13.1 Å². The van der Waals surface area contributed by atoms with Crippen molar-refractivity contribution in [2.24, 2.45) is 0 Å². The summed E-state index contributed by atoms with van der Waals surface area (Å²) in [6.07, 6.45) is 3.52. The lowest BCUT2D eigenvalue weighted by atomic mass is 10.1. The third kappa shape index (κ3) is 6.66. The van der Waals surface area contributed by atoms with Crippen LogP contribution in [-0.2, 0) is 13.1 Å². The molecule has 6 aromatic rings. The van der Waals surface area contributed by atoms with Crippen molar-refractivity contribution in [3.63, 3.8) is 0 Å². The molecule has 10 heteroatoms. The van der Waals surface area contributed by atoms with Crippen molar-refractivity contribution < 1.29 is 10.2 Å². The Balaban J connectivity index is 0.983. The van der Waals surface area contributed by atoms with E-state index in [1.807, 2.05) is 72.8 Å². The molecule has 0 radical (unpaired) electrons. The number of phenols is 2. The third-order valence-corrected chi connectivity index (χ3v) is 8.85. The molecule has 46 heavy (non-hydrogen) atoms. The number of hydrogen-bond donors (Lipinski definition) is 4. The molecule has 8 nitrogen and oxygen atoms in total. The van der Waals surface area contributed by atoms with Gasteiger partial charge in [0.1, 0.15) is 11.5 Å². The zero-order chi connectivity index (χ0) is 31.6. The van der Waals surface area contributed by atoms with Crippen molar-refractivity contribution >= 4 is 67.8 Å². The molecule has 0 amide bonds. The first-order chi connectivity index (χ1) is 22.4. The smallest absolute Gasteiger partial charge is 0.120 e. The highest BCUT2D eigenvalue weighted by Gasteiger charge is 2.20. The number of fused-ring (bicyclic) bond motifs is 2. The maximum absolute atomic E-state index is 10.7. The summed E-state index contributed by atoms with van der Waals surface area (Å²) >= 11 is 12.3. The third-order valence-electron chi connectivity index (χ3n) is 8.38. The van der Waals surface area contributed by atoms with Crippen LogP contribution in [0.1, 0.15) is 11.1 Å². The Morgan fingerprint density at radius 3 is 1.43 bits per heavy atom. The van der Waals surface area contributed by atoms with E-state index in [4.69, 9.17) is 23.2 Å². The average molecular weight is 652 g/mol. The second kappa shape index (κ2) is 13.0. The van der Waals surface area contributed by atoms with E-state index < -0.39 is 0 Å². The van der Waals surface area contributed by atoms with E-state index in [9.17, 15) is 10.2 Å². The van der Waals surface area contributed by atoms with Gasteiger partial charge in [-0.1, -0.05) is 23.2 Å². The molecular weight excluding hydrogens is 619 g/mol. The molecule has 0 aliphatic carbocycles. The van der Waals surface area contributed by atoms with Gasteiger partial charge < -0.3 is 20.8 Å². The predicted octanol–water partition coefficient (Wildman–Crippen LogP) is 8.31. The van der Waals surface area contributed by atoms with Crippen LogP contribution in [0, 0.1) is 0 Å². The molecular formula is C36H32Cl2N6O2. The zero-order valence-electron chi connectivity index (χ0n) is 24.9. The van der Waals surface area contributed by atoms with Crippen LogP contribution in [0.2, 0.25) is 10.0 Å². The van der Waals surface area contributed by atoms with E-state index in [1.54, 1.807) is 24.5 Å². The second-order valence-electron chi connectivity index (χ2n) is 11.5. The molecule has 1 aliphatic rings. The SMILES string of the molecule is Oc1ccc(Nc2ccnc3cc(Cl)ccc23)cc1CN1CCN(Cc2cc(Nc3ccnc4cc(Cl)ccc34)ccc2O)CC1. The highest BCUT2D eigenvalue weighted by molar-refractivity contribution is 6.31. The van der Waals surface area contributed by atoms with Crippen LogP contribution in [0.15, 0.2) is 97.3 Å². The molecule has 1 aliphatic heterocycles. The Morgan fingerprint density at radius 2 is 1.00 bits per heavy atom. The maximum Gasteiger partial charge on any atom is 0.120 e. The minimum atomic E-state index is 0.277. The van der Waals surface area contributed by atoms with Gasteiger partial charge >= 0.3 is 0 Å². The fourth-order valence-electron chi connectivity index (χ4n) is 5.94. The van der Waals surface area contributed by atoms with Gasteiger partial charge in [0.25, 0.3) is 0 Å². The first-order valence-corrected chi connectivity index (χ1v) is 15.8. The summed E-state index contributed by atoms with van der Waals surface area (Å²) in [5.41, 5.74) is 6.99. The van der Waals surface area contributed by atoms with E-state index in [2.05, 4.69) is 30.4 Å². The number of aromatic hydroxyl groups is 2. The minimum Gasteiger partial charge on any atom is -0.508 e. The van der Waals surface area contributed by atoms with Gasteiger partial charge in [0.05, 0.1) is 11.0 Å². The topological polar surface area (TPSA) is 96.8 Å². The Kier molecular flexibility index (Phi) is 8.51. The molecule has 0 saturated carbocycles. The van der Waals surface area contributed by atoms with Gasteiger partial charge in [-0.25, -0.2) is 0 Å². The first kappa shape index (κ1) is 30.1. The fourth-order valence-corrected chi connectivity index (χ4v) is 6.27. The molecule has 232 valence electrons. The Bertz CT molecular complexity index is 1900. The second-order valence-corrected chi connectivity index (χ2v) is 12.4.